The number of carbonyl (C=O) groups is 1. The molecule has 104 valence electrons. The van der Waals surface area contributed by atoms with Crippen molar-refractivity contribution in [3.05, 3.63) is 0 Å². The lowest BCUT2D eigenvalue weighted by atomic mass is 9.82. The monoisotopic (exact) mass is 252 g/mol. The van der Waals surface area contributed by atoms with E-state index in [1.807, 2.05) is 0 Å². The third-order valence-electron chi connectivity index (χ3n) is 4.77. The van der Waals surface area contributed by atoms with Gasteiger partial charge >= 0.3 is 0 Å². The highest BCUT2D eigenvalue weighted by atomic mass is 16.1. The lowest BCUT2D eigenvalue weighted by Crippen LogP contribution is -2.45. The van der Waals surface area contributed by atoms with E-state index in [4.69, 9.17) is 5.73 Å². The number of hydrogen-bond acceptors (Lipinski definition) is 2. The average Bonchev–Trinajstić information content (AvgIpc) is 2.37. The van der Waals surface area contributed by atoms with Crippen molar-refractivity contribution in [1.29, 1.82) is 0 Å². The summed E-state index contributed by atoms with van der Waals surface area (Å²) in [5.74, 6) is 1.80. The van der Waals surface area contributed by atoms with Gasteiger partial charge in [0.05, 0.1) is 5.92 Å². The molecule has 0 aliphatic heterocycles. The molecule has 18 heavy (non-hydrogen) atoms. The second kappa shape index (κ2) is 6.55. The zero-order valence-electron chi connectivity index (χ0n) is 11.7. The van der Waals surface area contributed by atoms with Crippen LogP contribution in [0.5, 0.6) is 0 Å². The van der Waals surface area contributed by atoms with Crippen molar-refractivity contribution in [2.24, 2.45) is 23.5 Å². The van der Waals surface area contributed by atoms with E-state index in [0.29, 0.717) is 5.92 Å². The first-order valence-corrected chi connectivity index (χ1v) is 7.70. The summed E-state index contributed by atoms with van der Waals surface area (Å²) in [7, 11) is 0. The fourth-order valence-corrected chi connectivity index (χ4v) is 3.61. The molecule has 2 rings (SSSR count). The second-order valence-corrected chi connectivity index (χ2v) is 6.44. The van der Waals surface area contributed by atoms with Gasteiger partial charge in [-0.15, -0.1) is 0 Å². The van der Waals surface area contributed by atoms with Gasteiger partial charge in [-0.3, -0.25) is 4.79 Å². The van der Waals surface area contributed by atoms with Crippen molar-refractivity contribution in [3.63, 3.8) is 0 Å². The Balaban J connectivity index is 1.73. The van der Waals surface area contributed by atoms with E-state index < -0.39 is 0 Å². The van der Waals surface area contributed by atoms with Gasteiger partial charge in [0.15, 0.2) is 0 Å². The van der Waals surface area contributed by atoms with Crippen LogP contribution in [-0.2, 0) is 4.79 Å². The van der Waals surface area contributed by atoms with Crippen LogP contribution in [0.4, 0.5) is 0 Å². The molecule has 0 aromatic carbocycles. The van der Waals surface area contributed by atoms with Gasteiger partial charge in [-0.2, -0.15) is 0 Å². The van der Waals surface area contributed by atoms with Crippen molar-refractivity contribution >= 4 is 5.91 Å². The number of carbonyl (C=O) groups excluding carboxylic acids is 1. The zero-order chi connectivity index (χ0) is 13.0. The van der Waals surface area contributed by atoms with Crippen LogP contribution in [0.3, 0.4) is 0 Å². The SMILES string of the molecule is CC1CCCC(CNC(=O)C2CCCCC2N)C1. The lowest BCUT2D eigenvalue weighted by molar-refractivity contribution is -0.126. The Bertz CT molecular complexity index is 280. The number of rotatable bonds is 3. The molecule has 4 unspecified atom stereocenters. The summed E-state index contributed by atoms with van der Waals surface area (Å²) in [6.07, 6.45) is 9.57. The Morgan fingerprint density at radius 2 is 1.94 bits per heavy atom. The van der Waals surface area contributed by atoms with Gasteiger partial charge < -0.3 is 11.1 Å². The second-order valence-electron chi connectivity index (χ2n) is 6.44. The normalized spacial score (nSPS) is 37.2. The van der Waals surface area contributed by atoms with Crippen molar-refractivity contribution in [2.45, 2.75) is 64.3 Å². The van der Waals surface area contributed by atoms with E-state index in [2.05, 4.69) is 12.2 Å². The molecule has 2 fully saturated rings. The molecule has 0 heterocycles. The molecule has 0 saturated heterocycles. The molecular formula is C15H28N2O. The molecule has 4 atom stereocenters. The summed E-state index contributed by atoms with van der Waals surface area (Å²) in [4.78, 5) is 12.1. The fraction of sp³-hybridized carbons (Fsp3) is 0.933. The largest absolute Gasteiger partial charge is 0.356 e. The first kappa shape index (κ1) is 13.9. The minimum atomic E-state index is 0.0692. The van der Waals surface area contributed by atoms with Crippen molar-refractivity contribution < 1.29 is 4.79 Å². The molecule has 3 N–H and O–H groups in total. The standard InChI is InChI=1S/C15H28N2O/c1-11-5-4-6-12(9-11)10-17-15(18)13-7-2-3-8-14(13)16/h11-14H,2-10,16H2,1H3,(H,17,18). The van der Waals surface area contributed by atoms with Gasteiger partial charge in [-0.1, -0.05) is 32.6 Å². The van der Waals surface area contributed by atoms with Crippen LogP contribution in [0, 0.1) is 17.8 Å². The summed E-state index contributed by atoms with van der Waals surface area (Å²) in [5.41, 5.74) is 6.05. The molecule has 0 spiro atoms. The maximum absolute atomic E-state index is 12.1. The highest BCUT2D eigenvalue weighted by molar-refractivity contribution is 5.79. The molecule has 3 heteroatoms. The predicted molar refractivity (Wildman–Crippen MR) is 74.1 cm³/mol. The van der Waals surface area contributed by atoms with Gasteiger partial charge in [0, 0.05) is 12.6 Å². The van der Waals surface area contributed by atoms with E-state index in [-0.39, 0.29) is 17.9 Å². The van der Waals surface area contributed by atoms with E-state index >= 15 is 0 Å². The minimum Gasteiger partial charge on any atom is -0.356 e. The van der Waals surface area contributed by atoms with Crippen molar-refractivity contribution in [3.8, 4) is 0 Å². The average molecular weight is 252 g/mol. The quantitative estimate of drug-likeness (QED) is 0.810. The maximum Gasteiger partial charge on any atom is 0.224 e. The third kappa shape index (κ3) is 3.71. The topological polar surface area (TPSA) is 55.1 Å². The summed E-state index contributed by atoms with van der Waals surface area (Å²) < 4.78 is 0. The van der Waals surface area contributed by atoms with Crippen LogP contribution in [0.1, 0.15) is 58.3 Å². The Morgan fingerprint density at radius 1 is 1.17 bits per heavy atom. The molecule has 0 aromatic rings. The Kier molecular flexibility index (Phi) is 5.04. The third-order valence-corrected chi connectivity index (χ3v) is 4.77. The highest BCUT2D eigenvalue weighted by Gasteiger charge is 2.28. The zero-order valence-corrected chi connectivity index (χ0v) is 11.7. The van der Waals surface area contributed by atoms with Crippen LogP contribution in [0.15, 0.2) is 0 Å². The van der Waals surface area contributed by atoms with Gasteiger partial charge in [0.25, 0.3) is 0 Å². The molecule has 2 aliphatic rings. The smallest absolute Gasteiger partial charge is 0.224 e. The predicted octanol–water partition coefficient (Wildman–Crippen LogP) is 2.45. The Labute approximate surface area is 111 Å². The summed E-state index contributed by atoms with van der Waals surface area (Å²) in [6.45, 7) is 3.19. The van der Waals surface area contributed by atoms with Crippen LogP contribution >= 0.6 is 0 Å². The first-order chi connectivity index (χ1) is 8.66. The number of nitrogens with two attached hydrogens (primary N) is 1. The number of amides is 1. The van der Waals surface area contributed by atoms with E-state index in [1.54, 1.807) is 0 Å². The van der Waals surface area contributed by atoms with Gasteiger partial charge in [0.2, 0.25) is 5.91 Å². The van der Waals surface area contributed by atoms with Crippen LogP contribution < -0.4 is 11.1 Å². The van der Waals surface area contributed by atoms with Gasteiger partial charge in [-0.25, -0.2) is 0 Å². The minimum absolute atomic E-state index is 0.0692. The fourth-order valence-electron chi connectivity index (χ4n) is 3.61. The molecular weight excluding hydrogens is 224 g/mol. The van der Waals surface area contributed by atoms with Crippen LogP contribution in [0.2, 0.25) is 0 Å². The highest BCUT2D eigenvalue weighted by Crippen LogP contribution is 2.28. The van der Waals surface area contributed by atoms with Crippen molar-refractivity contribution in [2.75, 3.05) is 6.54 Å². The number of nitrogens with one attached hydrogen (secondary N) is 1. The van der Waals surface area contributed by atoms with Crippen LogP contribution in [0.25, 0.3) is 0 Å². The lowest BCUT2D eigenvalue weighted by Gasteiger charge is -2.30. The molecule has 2 aliphatic carbocycles. The van der Waals surface area contributed by atoms with Gasteiger partial charge in [0.1, 0.15) is 0 Å². The number of hydrogen-bond donors (Lipinski definition) is 2. The summed E-state index contributed by atoms with van der Waals surface area (Å²) >= 11 is 0. The van der Waals surface area contributed by atoms with Gasteiger partial charge in [-0.05, 0) is 37.5 Å². The van der Waals surface area contributed by atoms with E-state index in [9.17, 15) is 4.79 Å². The molecule has 0 aromatic heterocycles. The molecule has 3 nitrogen and oxygen atoms in total. The Morgan fingerprint density at radius 3 is 2.67 bits per heavy atom. The molecule has 1 amide bonds. The molecule has 0 bridgehead atoms. The molecule has 2 saturated carbocycles. The summed E-state index contributed by atoms with van der Waals surface area (Å²) in [5, 5.41) is 3.15. The van der Waals surface area contributed by atoms with E-state index in [0.717, 1.165) is 31.7 Å². The Hall–Kier alpha value is -0.570. The van der Waals surface area contributed by atoms with E-state index in [1.165, 1.54) is 32.1 Å². The van der Waals surface area contributed by atoms with Crippen LogP contribution in [-0.4, -0.2) is 18.5 Å². The first-order valence-electron chi connectivity index (χ1n) is 7.70. The maximum atomic E-state index is 12.1. The van der Waals surface area contributed by atoms with Crippen molar-refractivity contribution in [1.82, 2.24) is 5.32 Å². The summed E-state index contributed by atoms with van der Waals surface area (Å²) in [6, 6.07) is 0.0871. The molecule has 0 radical (unpaired) electrons.